The van der Waals surface area contributed by atoms with Gasteiger partial charge in [0.05, 0.1) is 17.1 Å². The number of nitrogens with one attached hydrogen (secondary N) is 2. The average Bonchev–Trinajstić information content (AvgIpc) is 2.54. The highest BCUT2D eigenvalue weighted by Gasteiger charge is 2.12. The van der Waals surface area contributed by atoms with E-state index >= 15 is 0 Å². The molecule has 0 aliphatic heterocycles. The van der Waals surface area contributed by atoms with E-state index in [2.05, 4.69) is 10.6 Å². The summed E-state index contributed by atoms with van der Waals surface area (Å²) in [5, 5.41) is 35.3. The molecule has 0 heterocycles. The highest BCUT2D eigenvalue weighted by Crippen LogP contribution is 2.39. The lowest BCUT2D eigenvalue weighted by Crippen LogP contribution is -2.02. The molecule has 0 unspecified atom stereocenters. The Hall–Kier alpha value is -3.54. The quantitative estimate of drug-likeness (QED) is 0.247. The van der Waals surface area contributed by atoms with E-state index in [1.807, 2.05) is 0 Å². The van der Waals surface area contributed by atoms with E-state index in [-0.39, 0.29) is 22.9 Å². The highest BCUT2D eigenvalue weighted by atomic mass is 16.3. The number of nitrogens with two attached hydrogens (primary N) is 1. The molecule has 3 aromatic rings. The first-order valence-corrected chi connectivity index (χ1v) is 7.26. The summed E-state index contributed by atoms with van der Waals surface area (Å²) in [5.41, 5.74) is 8.51. The van der Waals surface area contributed by atoms with Crippen LogP contribution in [0, 0.1) is 0 Å². The Balaban J connectivity index is 1.99. The van der Waals surface area contributed by atoms with Gasteiger partial charge in [0.15, 0.2) is 0 Å². The first kappa shape index (κ1) is 15.4. The number of phenols is 3. The van der Waals surface area contributed by atoms with Gasteiger partial charge in [-0.25, -0.2) is 0 Å². The Bertz CT molecular complexity index is 881. The molecule has 3 rings (SSSR count). The standard InChI is InChI=1S/C18H17N3O3/c19-17-16(24)8-7-15(20-11-3-1-5-13(22)9-11)18(17)21-12-4-2-6-14(23)10-12/h1-10,20-24H,19H2. The minimum Gasteiger partial charge on any atom is -0.508 e. The third-order valence-corrected chi connectivity index (χ3v) is 3.46. The molecule has 0 fully saturated rings. The SMILES string of the molecule is Nc1c(O)ccc(Nc2cccc(O)c2)c1Nc1cccc(O)c1. The Morgan fingerprint density at radius 1 is 0.708 bits per heavy atom. The van der Waals surface area contributed by atoms with Crippen LogP contribution in [-0.2, 0) is 0 Å². The van der Waals surface area contributed by atoms with Gasteiger partial charge in [-0.3, -0.25) is 0 Å². The molecule has 6 nitrogen and oxygen atoms in total. The van der Waals surface area contributed by atoms with Gasteiger partial charge in [0.25, 0.3) is 0 Å². The first-order chi connectivity index (χ1) is 11.5. The van der Waals surface area contributed by atoms with E-state index in [0.717, 1.165) is 0 Å². The van der Waals surface area contributed by atoms with Crippen LogP contribution >= 0.6 is 0 Å². The van der Waals surface area contributed by atoms with Gasteiger partial charge in [0.1, 0.15) is 17.2 Å². The van der Waals surface area contributed by atoms with E-state index in [4.69, 9.17) is 5.73 Å². The number of benzene rings is 3. The van der Waals surface area contributed by atoms with Crippen LogP contribution in [0.5, 0.6) is 17.2 Å². The van der Waals surface area contributed by atoms with E-state index in [0.29, 0.717) is 22.7 Å². The molecule has 0 aliphatic carbocycles. The van der Waals surface area contributed by atoms with Crippen molar-refractivity contribution in [2.45, 2.75) is 0 Å². The Kier molecular flexibility index (Phi) is 4.03. The predicted octanol–water partition coefficient (Wildman–Crippen LogP) is 3.87. The molecule has 0 amide bonds. The van der Waals surface area contributed by atoms with Gasteiger partial charge in [-0.05, 0) is 36.4 Å². The minimum absolute atomic E-state index is 0.0564. The molecule has 0 aliphatic rings. The van der Waals surface area contributed by atoms with E-state index < -0.39 is 0 Å². The number of hydrogen-bond acceptors (Lipinski definition) is 6. The van der Waals surface area contributed by atoms with Crippen molar-refractivity contribution in [2.24, 2.45) is 0 Å². The molecule has 0 saturated carbocycles. The maximum absolute atomic E-state index is 9.89. The Morgan fingerprint density at radius 3 is 1.88 bits per heavy atom. The van der Waals surface area contributed by atoms with Gasteiger partial charge < -0.3 is 31.7 Å². The van der Waals surface area contributed by atoms with Crippen LogP contribution in [0.4, 0.5) is 28.4 Å². The van der Waals surface area contributed by atoms with Crippen LogP contribution in [0.2, 0.25) is 0 Å². The predicted molar refractivity (Wildman–Crippen MR) is 95.3 cm³/mol. The molecule has 24 heavy (non-hydrogen) atoms. The molecule has 3 aromatic carbocycles. The van der Waals surface area contributed by atoms with Crippen molar-refractivity contribution in [3.63, 3.8) is 0 Å². The fourth-order valence-corrected chi connectivity index (χ4v) is 2.31. The van der Waals surface area contributed by atoms with E-state index in [1.165, 1.54) is 6.07 Å². The van der Waals surface area contributed by atoms with Gasteiger partial charge in [-0.2, -0.15) is 0 Å². The second kappa shape index (κ2) is 6.29. The zero-order valence-electron chi connectivity index (χ0n) is 12.7. The lowest BCUT2D eigenvalue weighted by molar-refractivity contribution is 0.475. The van der Waals surface area contributed by atoms with Crippen LogP contribution < -0.4 is 16.4 Å². The van der Waals surface area contributed by atoms with E-state index in [9.17, 15) is 15.3 Å². The summed E-state index contributed by atoms with van der Waals surface area (Å²) in [6.07, 6.45) is 0. The number of hydrogen-bond donors (Lipinski definition) is 6. The molecule has 7 N–H and O–H groups in total. The number of nitrogen functional groups attached to an aromatic ring is 1. The molecule has 0 radical (unpaired) electrons. The maximum atomic E-state index is 9.89. The monoisotopic (exact) mass is 323 g/mol. The van der Waals surface area contributed by atoms with Crippen LogP contribution in [0.25, 0.3) is 0 Å². The Morgan fingerprint density at radius 2 is 1.29 bits per heavy atom. The van der Waals surface area contributed by atoms with Gasteiger partial charge in [0.2, 0.25) is 0 Å². The molecule has 0 aromatic heterocycles. The molecular formula is C18H17N3O3. The molecular weight excluding hydrogens is 306 g/mol. The summed E-state index contributed by atoms with van der Waals surface area (Å²) >= 11 is 0. The summed E-state index contributed by atoms with van der Waals surface area (Å²) < 4.78 is 0. The summed E-state index contributed by atoms with van der Waals surface area (Å²) in [5.74, 6) is 0.189. The Labute approximate surface area is 138 Å². The molecule has 0 bridgehead atoms. The maximum Gasteiger partial charge on any atom is 0.140 e. The fraction of sp³-hybridized carbons (Fsp3) is 0. The zero-order valence-corrected chi connectivity index (χ0v) is 12.7. The zero-order chi connectivity index (χ0) is 17.1. The lowest BCUT2D eigenvalue weighted by atomic mass is 10.2. The molecule has 0 saturated heterocycles. The van der Waals surface area contributed by atoms with Crippen LogP contribution in [0.3, 0.4) is 0 Å². The number of anilines is 5. The topological polar surface area (TPSA) is 111 Å². The van der Waals surface area contributed by atoms with Crippen LogP contribution in [-0.4, -0.2) is 15.3 Å². The molecule has 0 atom stereocenters. The smallest absolute Gasteiger partial charge is 0.140 e. The van der Waals surface area contributed by atoms with Crippen molar-refractivity contribution in [3.8, 4) is 17.2 Å². The lowest BCUT2D eigenvalue weighted by Gasteiger charge is -2.17. The minimum atomic E-state index is -0.0564. The number of phenolic OH excluding ortho intramolecular Hbond substituents is 3. The molecule has 0 spiro atoms. The highest BCUT2D eigenvalue weighted by molar-refractivity contribution is 5.90. The normalized spacial score (nSPS) is 10.3. The van der Waals surface area contributed by atoms with E-state index in [1.54, 1.807) is 54.6 Å². The van der Waals surface area contributed by atoms with Crippen molar-refractivity contribution in [1.82, 2.24) is 0 Å². The summed E-state index contributed by atoms with van der Waals surface area (Å²) in [4.78, 5) is 0. The molecule has 122 valence electrons. The number of aromatic hydroxyl groups is 3. The first-order valence-electron chi connectivity index (χ1n) is 7.26. The van der Waals surface area contributed by atoms with Gasteiger partial charge >= 0.3 is 0 Å². The van der Waals surface area contributed by atoms with Gasteiger partial charge in [-0.1, -0.05) is 12.1 Å². The third kappa shape index (κ3) is 3.27. The van der Waals surface area contributed by atoms with Gasteiger partial charge in [-0.15, -0.1) is 0 Å². The van der Waals surface area contributed by atoms with Crippen LogP contribution in [0.15, 0.2) is 60.7 Å². The average molecular weight is 323 g/mol. The van der Waals surface area contributed by atoms with Crippen LogP contribution in [0.1, 0.15) is 0 Å². The summed E-state index contributed by atoms with van der Waals surface area (Å²) in [6, 6.07) is 16.4. The van der Waals surface area contributed by atoms with Crippen molar-refractivity contribution in [3.05, 3.63) is 60.7 Å². The summed E-state index contributed by atoms with van der Waals surface area (Å²) in [7, 11) is 0. The number of rotatable bonds is 4. The third-order valence-electron chi connectivity index (χ3n) is 3.46. The fourth-order valence-electron chi connectivity index (χ4n) is 2.31. The summed E-state index contributed by atoms with van der Waals surface area (Å²) in [6.45, 7) is 0. The van der Waals surface area contributed by atoms with Crippen molar-refractivity contribution in [2.75, 3.05) is 16.4 Å². The van der Waals surface area contributed by atoms with Crippen molar-refractivity contribution in [1.29, 1.82) is 0 Å². The largest absolute Gasteiger partial charge is 0.508 e. The van der Waals surface area contributed by atoms with Crippen molar-refractivity contribution < 1.29 is 15.3 Å². The second-order valence-corrected chi connectivity index (χ2v) is 5.27. The van der Waals surface area contributed by atoms with Gasteiger partial charge in [0, 0.05) is 23.5 Å². The molecule has 6 heteroatoms. The second-order valence-electron chi connectivity index (χ2n) is 5.27. The van der Waals surface area contributed by atoms with Crippen molar-refractivity contribution >= 4 is 28.4 Å².